The fourth-order valence-corrected chi connectivity index (χ4v) is 3.07. The summed E-state index contributed by atoms with van der Waals surface area (Å²) < 4.78 is 5.68. The molecule has 1 heterocycles. The van der Waals surface area contributed by atoms with Crippen LogP contribution < -0.4 is 4.74 Å². The van der Waals surface area contributed by atoms with E-state index in [-0.39, 0.29) is 17.2 Å². The van der Waals surface area contributed by atoms with Crippen LogP contribution >= 0.6 is 0 Å². The van der Waals surface area contributed by atoms with Crippen molar-refractivity contribution in [3.63, 3.8) is 0 Å². The van der Waals surface area contributed by atoms with E-state index in [1.54, 1.807) is 0 Å². The van der Waals surface area contributed by atoms with Gasteiger partial charge in [-0.1, -0.05) is 34.6 Å². The summed E-state index contributed by atoms with van der Waals surface area (Å²) in [6, 6.07) is 7.36. The monoisotopic (exact) mass is 374 g/mol. The number of benzene rings is 1. The molecular weight excluding hydrogens is 340 g/mol. The maximum absolute atomic E-state index is 12.8. The average molecular weight is 375 g/mol. The third-order valence-corrected chi connectivity index (χ3v) is 4.50. The normalized spacial score (nSPS) is 15.6. The Bertz CT molecular complexity index is 632. The lowest BCUT2D eigenvalue weighted by atomic mass is 9.91. The number of rotatable bonds is 5. The van der Waals surface area contributed by atoms with E-state index in [2.05, 4.69) is 34.6 Å². The second-order valence-electron chi connectivity index (χ2n) is 8.99. The molecule has 27 heavy (non-hydrogen) atoms. The molecule has 0 saturated carbocycles. The Balaban J connectivity index is 1.92. The van der Waals surface area contributed by atoms with Crippen molar-refractivity contribution in [2.45, 2.75) is 47.5 Å². The minimum atomic E-state index is -0.0156. The van der Waals surface area contributed by atoms with Crippen LogP contribution in [0.5, 0.6) is 5.75 Å². The molecule has 1 aromatic rings. The van der Waals surface area contributed by atoms with Gasteiger partial charge in [-0.2, -0.15) is 0 Å². The molecule has 0 radical (unpaired) electrons. The van der Waals surface area contributed by atoms with Gasteiger partial charge in [-0.25, -0.2) is 0 Å². The predicted octanol–water partition coefficient (Wildman–Crippen LogP) is 3.83. The Kier molecular flexibility index (Phi) is 7.28. The molecule has 0 N–H and O–H groups in total. The first kappa shape index (κ1) is 21.3. The SMILES string of the molecule is CC(C)COc1ccc(C(=O)N2CCCN(C(=O)CC(C)(C)C)CC2)cc1. The van der Waals surface area contributed by atoms with Gasteiger partial charge in [0.25, 0.3) is 5.91 Å². The van der Waals surface area contributed by atoms with Crippen LogP contribution in [0.4, 0.5) is 0 Å². The molecule has 0 atom stereocenters. The highest BCUT2D eigenvalue weighted by Crippen LogP contribution is 2.21. The molecule has 0 spiro atoms. The Morgan fingerprint density at radius 3 is 2.19 bits per heavy atom. The van der Waals surface area contributed by atoms with Gasteiger partial charge in [0.15, 0.2) is 0 Å². The van der Waals surface area contributed by atoms with Crippen molar-refractivity contribution in [1.29, 1.82) is 0 Å². The molecule has 1 aliphatic rings. The average Bonchev–Trinajstić information content (AvgIpc) is 2.84. The van der Waals surface area contributed by atoms with E-state index < -0.39 is 0 Å². The van der Waals surface area contributed by atoms with E-state index in [1.807, 2.05) is 34.1 Å². The highest BCUT2D eigenvalue weighted by Gasteiger charge is 2.25. The molecule has 5 heteroatoms. The summed E-state index contributed by atoms with van der Waals surface area (Å²) in [6.07, 6.45) is 1.36. The van der Waals surface area contributed by atoms with Crippen LogP contribution in [0.1, 0.15) is 57.8 Å². The van der Waals surface area contributed by atoms with Gasteiger partial charge in [-0.05, 0) is 42.0 Å². The van der Waals surface area contributed by atoms with Gasteiger partial charge in [0.1, 0.15) is 5.75 Å². The zero-order valence-corrected chi connectivity index (χ0v) is 17.5. The highest BCUT2D eigenvalue weighted by molar-refractivity contribution is 5.94. The van der Waals surface area contributed by atoms with Gasteiger partial charge in [0, 0.05) is 38.2 Å². The van der Waals surface area contributed by atoms with Crippen LogP contribution in [-0.4, -0.2) is 54.4 Å². The van der Waals surface area contributed by atoms with E-state index in [9.17, 15) is 9.59 Å². The van der Waals surface area contributed by atoms with E-state index in [0.717, 1.165) is 18.7 Å². The predicted molar refractivity (Wildman–Crippen MR) is 108 cm³/mol. The summed E-state index contributed by atoms with van der Waals surface area (Å²) in [5, 5.41) is 0. The summed E-state index contributed by atoms with van der Waals surface area (Å²) in [7, 11) is 0. The molecule has 2 rings (SSSR count). The quantitative estimate of drug-likeness (QED) is 0.787. The molecule has 1 fully saturated rings. The maximum atomic E-state index is 12.8. The van der Waals surface area contributed by atoms with Gasteiger partial charge >= 0.3 is 0 Å². The molecule has 0 bridgehead atoms. The van der Waals surface area contributed by atoms with Crippen molar-refractivity contribution in [3.05, 3.63) is 29.8 Å². The number of hydrogen-bond acceptors (Lipinski definition) is 3. The molecular formula is C22H34N2O3. The first-order valence-corrected chi connectivity index (χ1v) is 9.95. The van der Waals surface area contributed by atoms with Crippen molar-refractivity contribution in [2.24, 2.45) is 11.3 Å². The largest absolute Gasteiger partial charge is 0.493 e. The zero-order chi connectivity index (χ0) is 20.0. The third-order valence-electron chi connectivity index (χ3n) is 4.50. The third kappa shape index (κ3) is 6.89. The van der Waals surface area contributed by atoms with Crippen LogP contribution in [-0.2, 0) is 4.79 Å². The van der Waals surface area contributed by atoms with Gasteiger partial charge in [-0.15, -0.1) is 0 Å². The summed E-state index contributed by atoms with van der Waals surface area (Å²) in [5.41, 5.74) is 0.652. The van der Waals surface area contributed by atoms with Gasteiger partial charge in [0.05, 0.1) is 6.61 Å². The summed E-state index contributed by atoms with van der Waals surface area (Å²) in [6.45, 7) is 13.7. The maximum Gasteiger partial charge on any atom is 0.253 e. The molecule has 2 amide bonds. The van der Waals surface area contributed by atoms with E-state index in [4.69, 9.17) is 4.74 Å². The van der Waals surface area contributed by atoms with E-state index >= 15 is 0 Å². The van der Waals surface area contributed by atoms with Gasteiger partial charge in [0.2, 0.25) is 5.91 Å². The van der Waals surface area contributed by atoms with Crippen molar-refractivity contribution in [2.75, 3.05) is 32.8 Å². The Hall–Kier alpha value is -2.04. The molecule has 1 saturated heterocycles. The minimum absolute atomic E-state index is 0.0156. The lowest BCUT2D eigenvalue weighted by Crippen LogP contribution is -2.38. The Morgan fingerprint density at radius 2 is 1.59 bits per heavy atom. The number of nitrogens with zero attached hydrogens (tertiary/aromatic N) is 2. The Labute approximate surface area is 163 Å². The lowest BCUT2D eigenvalue weighted by molar-refractivity contribution is -0.132. The summed E-state index contributed by atoms with van der Waals surface area (Å²) >= 11 is 0. The lowest BCUT2D eigenvalue weighted by Gasteiger charge is -2.25. The number of carbonyl (C=O) groups is 2. The molecule has 5 nitrogen and oxygen atoms in total. The Morgan fingerprint density at radius 1 is 1.00 bits per heavy atom. The number of amides is 2. The van der Waals surface area contributed by atoms with E-state index in [0.29, 0.717) is 44.1 Å². The summed E-state index contributed by atoms with van der Waals surface area (Å²) in [4.78, 5) is 29.0. The molecule has 150 valence electrons. The van der Waals surface area contributed by atoms with Crippen LogP contribution in [0.15, 0.2) is 24.3 Å². The van der Waals surface area contributed by atoms with Crippen LogP contribution in [0, 0.1) is 11.3 Å². The van der Waals surface area contributed by atoms with Crippen LogP contribution in [0.3, 0.4) is 0 Å². The molecule has 0 unspecified atom stereocenters. The number of carbonyl (C=O) groups excluding carboxylic acids is 2. The van der Waals surface area contributed by atoms with Crippen molar-refractivity contribution < 1.29 is 14.3 Å². The van der Waals surface area contributed by atoms with Crippen molar-refractivity contribution >= 4 is 11.8 Å². The number of hydrogen-bond donors (Lipinski definition) is 0. The van der Waals surface area contributed by atoms with Gasteiger partial charge < -0.3 is 14.5 Å². The van der Waals surface area contributed by atoms with Gasteiger partial charge in [-0.3, -0.25) is 9.59 Å². The van der Waals surface area contributed by atoms with E-state index in [1.165, 1.54) is 0 Å². The van der Waals surface area contributed by atoms with Crippen molar-refractivity contribution in [3.8, 4) is 5.75 Å². The van der Waals surface area contributed by atoms with Crippen LogP contribution in [0.2, 0.25) is 0 Å². The summed E-state index contributed by atoms with van der Waals surface area (Å²) in [5.74, 6) is 1.46. The molecule has 0 aliphatic carbocycles. The fourth-order valence-electron chi connectivity index (χ4n) is 3.07. The zero-order valence-electron chi connectivity index (χ0n) is 17.5. The van der Waals surface area contributed by atoms with Crippen molar-refractivity contribution in [1.82, 2.24) is 9.80 Å². The standard InChI is InChI=1S/C22H34N2O3/c1-17(2)16-27-19-9-7-18(8-10-19)21(26)24-12-6-11-23(13-14-24)20(25)15-22(3,4)5/h7-10,17H,6,11-16H2,1-5H3. The fraction of sp³-hybridized carbons (Fsp3) is 0.636. The number of ether oxygens (including phenoxy) is 1. The first-order valence-electron chi connectivity index (χ1n) is 9.95. The smallest absolute Gasteiger partial charge is 0.253 e. The second kappa shape index (κ2) is 9.25. The molecule has 1 aliphatic heterocycles. The first-order chi connectivity index (χ1) is 12.7. The molecule has 0 aromatic heterocycles. The highest BCUT2D eigenvalue weighted by atomic mass is 16.5. The van der Waals surface area contributed by atoms with Crippen LogP contribution in [0.25, 0.3) is 0 Å². The minimum Gasteiger partial charge on any atom is -0.493 e. The molecule has 1 aromatic carbocycles. The second-order valence-corrected chi connectivity index (χ2v) is 8.99. The topological polar surface area (TPSA) is 49.9 Å².